The molecule has 0 radical (unpaired) electrons. The normalized spacial score (nSPS) is 14.3. The topological polar surface area (TPSA) is 38.9 Å². The quantitative estimate of drug-likeness (QED) is 0.808. The van der Waals surface area contributed by atoms with Crippen molar-refractivity contribution >= 4 is 5.69 Å². The molecule has 0 fully saturated rings. The average molecular weight is 296 g/mol. The highest BCUT2D eigenvalue weighted by molar-refractivity contribution is 5.82. The first-order chi connectivity index (χ1) is 9.89. The minimum atomic E-state index is -4.68. The summed E-state index contributed by atoms with van der Waals surface area (Å²) < 4.78 is 53.7. The number of anilines is 1. The van der Waals surface area contributed by atoms with Gasteiger partial charge in [-0.2, -0.15) is 13.2 Å². The summed E-state index contributed by atoms with van der Waals surface area (Å²) in [5.41, 5.74) is 5.29. The molecule has 0 atom stereocenters. The molecule has 0 saturated heterocycles. The maximum atomic E-state index is 13.9. The molecule has 2 N–H and O–H groups in total. The molecule has 1 aliphatic carbocycles. The van der Waals surface area contributed by atoms with E-state index < -0.39 is 17.7 Å². The SMILES string of the molecule is Nc1c2c(nc(C(F)(F)F)c1-c1ccccc1F)CCC2. The maximum absolute atomic E-state index is 13.9. The van der Waals surface area contributed by atoms with Gasteiger partial charge in [0, 0.05) is 22.5 Å². The van der Waals surface area contributed by atoms with E-state index in [9.17, 15) is 17.6 Å². The number of hydrogen-bond donors (Lipinski definition) is 1. The average Bonchev–Trinajstić information content (AvgIpc) is 2.87. The van der Waals surface area contributed by atoms with Gasteiger partial charge in [-0.05, 0) is 30.9 Å². The Morgan fingerprint density at radius 1 is 1.10 bits per heavy atom. The summed E-state index contributed by atoms with van der Waals surface area (Å²) in [6.45, 7) is 0. The lowest BCUT2D eigenvalue weighted by Gasteiger charge is -2.18. The second-order valence-electron chi connectivity index (χ2n) is 5.01. The van der Waals surface area contributed by atoms with E-state index in [1.54, 1.807) is 0 Å². The first-order valence-corrected chi connectivity index (χ1v) is 6.53. The number of hydrogen-bond acceptors (Lipinski definition) is 2. The van der Waals surface area contributed by atoms with Gasteiger partial charge in [-0.15, -0.1) is 0 Å². The monoisotopic (exact) mass is 296 g/mol. The van der Waals surface area contributed by atoms with Crippen LogP contribution >= 0.6 is 0 Å². The molecular formula is C15H12F4N2. The predicted octanol–water partition coefficient (Wildman–Crippen LogP) is 3.98. The highest BCUT2D eigenvalue weighted by Crippen LogP contribution is 2.43. The number of fused-ring (bicyclic) bond motifs is 1. The molecule has 0 unspecified atom stereocenters. The van der Waals surface area contributed by atoms with E-state index in [1.165, 1.54) is 18.2 Å². The molecule has 1 heterocycles. The van der Waals surface area contributed by atoms with Gasteiger partial charge in [0.15, 0.2) is 5.69 Å². The maximum Gasteiger partial charge on any atom is 0.434 e. The van der Waals surface area contributed by atoms with E-state index in [4.69, 9.17) is 5.73 Å². The number of aromatic nitrogens is 1. The van der Waals surface area contributed by atoms with Gasteiger partial charge in [0.1, 0.15) is 5.82 Å². The molecule has 1 aromatic heterocycles. The van der Waals surface area contributed by atoms with Crippen molar-refractivity contribution in [1.29, 1.82) is 0 Å². The molecule has 6 heteroatoms. The Morgan fingerprint density at radius 3 is 2.48 bits per heavy atom. The fraction of sp³-hybridized carbons (Fsp3) is 0.267. The van der Waals surface area contributed by atoms with Gasteiger partial charge in [0.25, 0.3) is 0 Å². The number of alkyl halides is 3. The molecule has 21 heavy (non-hydrogen) atoms. The fourth-order valence-electron chi connectivity index (χ4n) is 2.75. The van der Waals surface area contributed by atoms with Crippen LogP contribution in [0.5, 0.6) is 0 Å². The molecule has 1 aromatic carbocycles. The molecule has 0 saturated carbocycles. The minimum absolute atomic E-state index is 0.00470. The number of aryl methyl sites for hydroxylation is 1. The van der Waals surface area contributed by atoms with Crippen molar-refractivity contribution in [2.24, 2.45) is 0 Å². The molecule has 2 nitrogen and oxygen atoms in total. The van der Waals surface area contributed by atoms with Crippen molar-refractivity contribution < 1.29 is 17.6 Å². The summed E-state index contributed by atoms with van der Waals surface area (Å²) in [6.07, 6.45) is -2.91. The lowest BCUT2D eigenvalue weighted by Crippen LogP contribution is -2.15. The molecule has 0 bridgehead atoms. The smallest absolute Gasteiger partial charge is 0.398 e. The van der Waals surface area contributed by atoms with Gasteiger partial charge in [-0.25, -0.2) is 9.37 Å². The number of halogens is 4. The van der Waals surface area contributed by atoms with Crippen LogP contribution in [-0.4, -0.2) is 4.98 Å². The van der Waals surface area contributed by atoms with Gasteiger partial charge in [-0.1, -0.05) is 18.2 Å². The summed E-state index contributed by atoms with van der Waals surface area (Å²) in [5.74, 6) is -0.741. The molecule has 2 aromatic rings. The van der Waals surface area contributed by atoms with E-state index in [1.807, 2.05) is 0 Å². The number of benzene rings is 1. The number of rotatable bonds is 1. The van der Waals surface area contributed by atoms with E-state index >= 15 is 0 Å². The van der Waals surface area contributed by atoms with Crippen LogP contribution in [-0.2, 0) is 19.0 Å². The molecule has 1 aliphatic rings. The van der Waals surface area contributed by atoms with Crippen LogP contribution in [0.15, 0.2) is 24.3 Å². The van der Waals surface area contributed by atoms with E-state index in [2.05, 4.69) is 4.98 Å². The van der Waals surface area contributed by atoms with Crippen molar-refractivity contribution in [2.45, 2.75) is 25.4 Å². The van der Waals surface area contributed by atoms with E-state index in [-0.39, 0.29) is 16.8 Å². The van der Waals surface area contributed by atoms with Crippen molar-refractivity contribution in [3.8, 4) is 11.1 Å². The Hall–Kier alpha value is -2.11. The number of nitrogens with zero attached hydrogens (tertiary/aromatic N) is 1. The summed E-state index contributed by atoms with van der Waals surface area (Å²) in [6, 6.07) is 5.30. The standard InChI is InChI=1S/C15H12F4N2/c16-10-6-2-1-4-8(10)12-13(20)9-5-3-7-11(9)21-14(12)15(17,18)19/h1-2,4,6H,3,5,7H2,(H2,20,21). The molecular weight excluding hydrogens is 284 g/mol. The first kappa shape index (κ1) is 13.9. The highest BCUT2D eigenvalue weighted by atomic mass is 19.4. The molecule has 0 spiro atoms. The van der Waals surface area contributed by atoms with Crippen molar-refractivity contribution in [2.75, 3.05) is 5.73 Å². The third-order valence-electron chi connectivity index (χ3n) is 3.68. The van der Waals surface area contributed by atoms with Crippen LogP contribution in [0.1, 0.15) is 23.4 Å². The van der Waals surface area contributed by atoms with Crippen molar-refractivity contribution in [3.63, 3.8) is 0 Å². The second-order valence-corrected chi connectivity index (χ2v) is 5.01. The summed E-state index contributed by atoms with van der Waals surface area (Å²) >= 11 is 0. The zero-order chi connectivity index (χ0) is 15.2. The summed E-state index contributed by atoms with van der Waals surface area (Å²) in [7, 11) is 0. The van der Waals surface area contributed by atoms with Gasteiger partial charge in [0.2, 0.25) is 0 Å². The number of nitrogens with two attached hydrogens (primary N) is 1. The van der Waals surface area contributed by atoms with Crippen molar-refractivity contribution in [3.05, 3.63) is 47.0 Å². The molecule has 0 aliphatic heterocycles. The Balaban J connectivity index is 2.35. The zero-order valence-electron chi connectivity index (χ0n) is 11.0. The van der Waals surface area contributed by atoms with Gasteiger partial charge in [0.05, 0.1) is 0 Å². The van der Waals surface area contributed by atoms with E-state index in [0.29, 0.717) is 30.5 Å². The Bertz CT molecular complexity index is 708. The minimum Gasteiger partial charge on any atom is -0.398 e. The van der Waals surface area contributed by atoms with Crippen LogP contribution < -0.4 is 5.73 Å². The van der Waals surface area contributed by atoms with Crippen LogP contribution in [0, 0.1) is 5.82 Å². The Morgan fingerprint density at radius 2 is 1.81 bits per heavy atom. The Labute approximate surface area is 118 Å². The van der Waals surface area contributed by atoms with Gasteiger partial charge in [-0.3, -0.25) is 0 Å². The predicted molar refractivity (Wildman–Crippen MR) is 71.1 cm³/mol. The second kappa shape index (κ2) is 4.72. The third-order valence-corrected chi connectivity index (χ3v) is 3.68. The van der Waals surface area contributed by atoms with Gasteiger partial charge < -0.3 is 5.73 Å². The molecule has 3 rings (SSSR count). The number of pyridine rings is 1. The third kappa shape index (κ3) is 2.24. The van der Waals surface area contributed by atoms with Crippen LogP contribution in [0.2, 0.25) is 0 Å². The Kier molecular flexibility index (Phi) is 3.11. The summed E-state index contributed by atoms with van der Waals surface area (Å²) in [4.78, 5) is 3.73. The van der Waals surface area contributed by atoms with Crippen molar-refractivity contribution in [1.82, 2.24) is 4.98 Å². The van der Waals surface area contributed by atoms with Crippen LogP contribution in [0.4, 0.5) is 23.2 Å². The molecule has 110 valence electrons. The van der Waals surface area contributed by atoms with Gasteiger partial charge >= 0.3 is 6.18 Å². The zero-order valence-corrected chi connectivity index (χ0v) is 11.0. The lowest BCUT2D eigenvalue weighted by molar-refractivity contribution is -0.140. The molecule has 0 amide bonds. The van der Waals surface area contributed by atoms with Crippen LogP contribution in [0.3, 0.4) is 0 Å². The highest BCUT2D eigenvalue weighted by Gasteiger charge is 2.39. The van der Waals surface area contributed by atoms with Crippen LogP contribution in [0.25, 0.3) is 11.1 Å². The fourth-order valence-corrected chi connectivity index (χ4v) is 2.75. The number of nitrogen functional groups attached to an aromatic ring is 1. The first-order valence-electron chi connectivity index (χ1n) is 6.53. The van der Waals surface area contributed by atoms with E-state index in [0.717, 1.165) is 6.07 Å². The lowest BCUT2D eigenvalue weighted by atomic mass is 9.97. The summed E-state index contributed by atoms with van der Waals surface area (Å²) in [5, 5.41) is 0. The largest absolute Gasteiger partial charge is 0.434 e.